The number of aliphatic hydroxyl groups is 1. The van der Waals surface area contributed by atoms with Gasteiger partial charge >= 0.3 is 0 Å². The molecule has 3 aromatic rings. The second-order valence-corrected chi connectivity index (χ2v) is 6.89. The highest BCUT2D eigenvalue weighted by Crippen LogP contribution is 2.34. The molecular weight excluding hydrogens is 338 g/mol. The number of aliphatic hydroxyl groups excluding tert-OH is 1. The molecule has 0 radical (unpaired) electrons. The molecule has 1 aliphatic carbocycles. The van der Waals surface area contributed by atoms with Crippen molar-refractivity contribution in [2.45, 2.75) is 25.6 Å². The van der Waals surface area contributed by atoms with E-state index < -0.39 is 0 Å². The normalized spacial score (nSPS) is 19.4. The summed E-state index contributed by atoms with van der Waals surface area (Å²) >= 11 is 1.32. The van der Waals surface area contributed by atoms with Crippen molar-refractivity contribution < 1.29 is 14.6 Å². The molecule has 2 aromatic heterocycles. The first-order valence-electron chi connectivity index (χ1n) is 8.09. The lowest BCUT2D eigenvalue weighted by molar-refractivity contribution is -0.125. The molecule has 2 heterocycles. The molecule has 0 aliphatic heterocycles. The summed E-state index contributed by atoms with van der Waals surface area (Å²) in [5.74, 6) is 0.638. The van der Waals surface area contributed by atoms with Crippen molar-refractivity contribution in [2.75, 3.05) is 5.32 Å². The monoisotopic (exact) mass is 355 g/mol. The van der Waals surface area contributed by atoms with Crippen molar-refractivity contribution in [3.63, 3.8) is 0 Å². The van der Waals surface area contributed by atoms with E-state index in [4.69, 9.17) is 9.84 Å². The molecule has 1 amide bonds. The van der Waals surface area contributed by atoms with Crippen LogP contribution in [0.4, 0.5) is 5.13 Å². The summed E-state index contributed by atoms with van der Waals surface area (Å²) in [6.07, 6.45) is 3.12. The zero-order chi connectivity index (χ0) is 17.2. The van der Waals surface area contributed by atoms with E-state index >= 15 is 0 Å². The van der Waals surface area contributed by atoms with Gasteiger partial charge in [-0.2, -0.15) is 0 Å². The SMILES string of the molecule is O=C(Nc1nc(CO)cs1)[C@H]1C[C@H](Oc2cccc3cccnc23)C1. The number of rotatable bonds is 5. The van der Waals surface area contributed by atoms with Gasteiger partial charge in [-0.25, -0.2) is 4.98 Å². The zero-order valence-electron chi connectivity index (χ0n) is 13.4. The Hall–Kier alpha value is -2.51. The van der Waals surface area contributed by atoms with Gasteiger partial charge in [0.2, 0.25) is 5.91 Å². The average Bonchev–Trinajstić information content (AvgIpc) is 3.05. The predicted octanol–water partition coefficient (Wildman–Crippen LogP) is 2.98. The summed E-state index contributed by atoms with van der Waals surface area (Å²) in [6, 6.07) is 9.76. The molecule has 6 nitrogen and oxygen atoms in total. The Morgan fingerprint density at radius 1 is 1.32 bits per heavy atom. The smallest absolute Gasteiger partial charge is 0.229 e. The van der Waals surface area contributed by atoms with Crippen molar-refractivity contribution in [3.05, 3.63) is 47.6 Å². The predicted molar refractivity (Wildman–Crippen MR) is 95.5 cm³/mol. The molecule has 0 spiro atoms. The summed E-state index contributed by atoms with van der Waals surface area (Å²) in [7, 11) is 0. The fourth-order valence-electron chi connectivity index (χ4n) is 2.87. The van der Waals surface area contributed by atoms with E-state index in [1.165, 1.54) is 11.3 Å². The Bertz CT molecular complexity index is 900. The van der Waals surface area contributed by atoms with E-state index in [9.17, 15) is 4.79 Å². The lowest BCUT2D eigenvalue weighted by Gasteiger charge is -2.34. The maximum Gasteiger partial charge on any atom is 0.229 e. The van der Waals surface area contributed by atoms with Crippen LogP contribution in [0, 0.1) is 5.92 Å². The maximum absolute atomic E-state index is 12.2. The summed E-state index contributed by atoms with van der Waals surface area (Å²) < 4.78 is 6.03. The standard InChI is InChI=1S/C18H17N3O3S/c22-9-13-10-25-18(20-13)21-17(23)12-7-14(8-12)24-15-5-1-3-11-4-2-6-19-16(11)15/h1-6,10,12,14,22H,7-9H2,(H,20,21,23)/t12-,14-. The third-order valence-corrected chi connectivity index (χ3v) is 5.11. The van der Waals surface area contributed by atoms with Gasteiger partial charge in [-0.1, -0.05) is 18.2 Å². The third kappa shape index (κ3) is 3.33. The van der Waals surface area contributed by atoms with E-state index in [1.54, 1.807) is 11.6 Å². The van der Waals surface area contributed by atoms with Gasteiger partial charge in [-0.3, -0.25) is 9.78 Å². The molecule has 1 aromatic carbocycles. The molecule has 2 N–H and O–H groups in total. The molecule has 7 heteroatoms. The number of ether oxygens (including phenoxy) is 1. The molecule has 0 atom stereocenters. The van der Waals surface area contributed by atoms with Crippen LogP contribution >= 0.6 is 11.3 Å². The lowest BCUT2D eigenvalue weighted by atomic mass is 9.81. The Balaban J connectivity index is 1.34. The van der Waals surface area contributed by atoms with Crippen LogP contribution < -0.4 is 10.1 Å². The number of nitrogens with zero attached hydrogens (tertiary/aromatic N) is 2. The minimum atomic E-state index is -0.120. The maximum atomic E-state index is 12.2. The van der Waals surface area contributed by atoms with Crippen molar-refractivity contribution in [1.82, 2.24) is 9.97 Å². The molecule has 1 aliphatic rings. The number of aromatic nitrogens is 2. The Morgan fingerprint density at radius 3 is 2.96 bits per heavy atom. The number of carbonyl (C=O) groups is 1. The number of benzene rings is 1. The highest BCUT2D eigenvalue weighted by Gasteiger charge is 2.36. The fourth-order valence-corrected chi connectivity index (χ4v) is 3.58. The molecule has 0 unspecified atom stereocenters. The molecule has 0 saturated heterocycles. The molecule has 1 saturated carbocycles. The molecule has 25 heavy (non-hydrogen) atoms. The van der Waals surface area contributed by atoms with Gasteiger partial charge in [-0.05, 0) is 25.0 Å². The zero-order valence-corrected chi connectivity index (χ0v) is 14.2. The highest BCUT2D eigenvalue weighted by molar-refractivity contribution is 7.13. The topological polar surface area (TPSA) is 84.3 Å². The third-order valence-electron chi connectivity index (χ3n) is 4.30. The molecule has 0 bridgehead atoms. The molecule has 4 rings (SSSR count). The van der Waals surface area contributed by atoms with Crippen LogP contribution in [0.3, 0.4) is 0 Å². The van der Waals surface area contributed by atoms with Crippen LogP contribution in [-0.2, 0) is 11.4 Å². The van der Waals surface area contributed by atoms with Crippen LogP contribution in [0.1, 0.15) is 18.5 Å². The fraction of sp³-hybridized carbons (Fsp3) is 0.278. The minimum Gasteiger partial charge on any atom is -0.488 e. The number of fused-ring (bicyclic) bond motifs is 1. The number of amides is 1. The first-order chi connectivity index (χ1) is 12.2. The van der Waals surface area contributed by atoms with E-state index in [0.29, 0.717) is 23.7 Å². The number of hydrogen-bond donors (Lipinski definition) is 2. The highest BCUT2D eigenvalue weighted by atomic mass is 32.1. The Morgan fingerprint density at radius 2 is 2.16 bits per heavy atom. The van der Waals surface area contributed by atoms with Crippen LogP contribution in [0.5, 0.6) is 5.75 Å². The Kier molecular flexibility index (Phi) is 4.33. The van der Waals surface area contributed by atoms with Gasteiger partial charge in [0.15, 0.2) is 5.13 Å². The number of hydrogen-bond acceptors (Lipinski definition) is 6. The van der Waals surface area contributed by atoms with Crippen molar-refractivity contribution >= 4 is 33.3 Å². The van der Waals surface area contributed by atoms with Gasteiger partial charge < -0.3 is 15.2 Å². The van der Waals surface area contributed by atoms with E-state index in [-0.39, 0.29) is 24.5 Å². The van der Waals surface area contributed by atoms with Gasteiger partial charge in [0.1, 0.15) is 17.4 Å². The summed E-state index contributed by atoms with van der Waals surface area (Å²) in [5.41, 5.74) is 1.41. The van der Waals surface area contributed by atoms with Gasteiger partial charge in [0.05, 0.1) is 12.3 Å². The van der Waals surface area contributed by atoms with E-state index in [2.05, 4.69) is 15.3 Å². The number of anilines is 1. The lowest BCUT2D eigenvalue weighted by Crippen LogP contribution is -2.40. The van der Waals surface area contributed by atoms with Crippen molar-refractivity contribution in [3.8, 4) is 5.75 Å². The van der Waals surface area contributed by atoms with Crippen molar-refractivity contribution in [2.24, 2.45) is 5.92 Å². The summed E-state index contributed by atoms with van der Waals surface area (Å²) in [6.45, 7) is -0.120. The minimum absolute atomic E-state index is 0.0210. The molecule has 128 valence electrons. The van der Waals surface area contributed by atoms with Gasteiger partial charge in [-0.15, -0.1) is 11.3 Å². The number of thiazole rings is 1. The summed E-state index contributed by atoms with van der Waals surface area (Å²) in [5, 5.41) is 15.1. The first kappa shape index (κ1) is 16.0. The quantitative estimate of drug-likeness (QED) is 0.735. The summed E-state index contributed by atoms with van der Waals surface area (Å²) in [4.78, 5) is 20.7. The number of carbonyl (C=O) groups excluding carboxylic acids is 1. The molecule has 1 fully saturated rings. The van der Waals surface area contributed by atoms with E-state index in [1.807, 2.05) is 30.3 Å². The van der Waals surface area contributed by atoms with Crippen LogP contribution in [0.15, 0.2) is 41.9 Å². The van der Waals surface area contributed by atoms with Gasteiger partial charge in [0.25, 0.3) is 0 Å². The molecular formula is C18H17N3O3S. The Labute approximate surface area is 148 Å². The van der Waals surface area contributed by atoms with Gasteiger partial charge in [0, 0.05) is 22.9 Å². The largest absolute Gasteiger partial charge is 0.488 e. The second kappa shape index (κ2) is 6.78. The number of pyridine rings is 1. The average molecular weight is 355 g/mol. The van der Waals surface area contributed by atoms with Crippen LogP contribution in [0.25, 0.3) is 10.9 Å². The van der Waals surface area contributed by atoms with Crippen LogP contribution in [0.2, 0.25) is 0 Å². The van der Waals surface area contributed by atoms with Crippen LogP contribution in [-0.4, -0.2) is 27.1 Å². The second-order valence-electron chi connectivity index (χ2n) is 6.03. The number of para-hydroxylation sites is 1. The first-order valence-corrected chi connectivity index (χ1v) is 8.97. The number of nitrogens with one attached hydrogen (secondary N) is 1. The van der Waals surface area contributed by atoms with E-state index in [0.717, 1.165) is 16.7 Å². The van der Waals surface area contributed by atoms with Crippen molar-refractivity contribution in [1.29, 1.82) is 0 Å².